The summed E-state index contributed by atoms with van der Waals surface area (Å²) in [6.45, 7) is 3.29. The second kappa shape index (κ2) is 6.86. The van der Waals surface area contributed by atoms with Crippen LogP contribution < -0.4 is 5.73 Å². The van der Waals surface area contributed by atoms with E-state index in [1.807, 2.05) is 0 Å². The number of aromatic amines is 1. The molecule has 3 aromatic rings. The molecule has 0 saturated carbocycles. The zero-order chi connectivity index (χ0) is 21.0. The van der Waals surface area contributed by atoms with Crippen LogP contribution in [0.3, 0.4) is 0 Å². The van der Waals surface area contributed by atoms with Gasteiger partial charge in [0, 0.05) is 41.4 Å². The number of aromatic nitrogens is 1. The van der Waals surface area contributed by atoms with Crippen molar-refractivity contribution < 1.29 is 23.0 Å². The molecule has 2 aromatic carbocycles. The zero-order valence-corrected chi connectivity index (χ0v) is 16.3. The van der Waals surface area contributed by atoms with Gasteiger partial charge in [-0.15, -0.1) is 0 Å². The molecule has 0 bridgehead atoms. The highest BCUT2D eigenvalue weighted by Crippen LogP contribution is 2.44. The molecular formula is C22H23F3N2O2. The normalized spacial score (nSPS) is 20.0. The Morgan fingerprint density at radius 3 is 2.62 bits per heavy atom. The predicted octanol–water partition coefficient (Wildman–Crippen LogP) is 4.44. The number of fused-ring (bicyclic) bond motifs is 1. The largest absolute Gasteiger partial charge is 0.386 e. The molecule has 1 saturated heterocycles. The van der Waals surface area contributed by atoms with Crippen LogP contribution in [-0.2, 0) is 15.9 Å². The fraction of sp³-hybridized carbons (Fsp3) is 0.364. The van der Waals surface area contributed by atoms with Crippen LogP contribution in [0.2, 0.25) is 0 Å². The lowest BCUT2D eigenvalue weighted by atomic mass is 9.83. The number of benzene rings is 2. The molecule has 1 atom stereocenters. The van der Waals surface area contributed by atoms with Gasteiger partial charge in [0.25, 0.3) is 0 Å². The second-order valence-corrected chi connectivity index (χ2v) is 8.05. The summed E-state index contributed by atoms with van der Waals surface area (Å²) in [5.74, 6) is -2.23. The molecule has 4 rings (SSSR count). The van der Waals surface area contributed by atoms with Crippen molar-refractivity contribution in [1.82, 2.24) is 4.98 Å². The third-order valence-electron chi connectivity index (χ3n) is 5.72. The van der Waals surface area contributed by atoms with Crippen molar-refractivity contribution in [3.05, 3.63) is 59.0 Å². The van der Waals surface area contributed by atoms with E-state index in [1.54, 1.807) is 6.07 Å². The van der Waals surface area contributed by atoms with Crippen LogP contribution in [0, 0.1) is 17.5 Å². The quantitative estimate of drug-likeness (QED) is 0.602. The number of nitrogens with one attached hydrogen (secondary N) is 1. The molecule has 0 radical (unpaired) electrons. The number of hydrogen-bond donors (Lipinski definition) is 3. The molecular weight excluding hydrogens is 381 g/mol. The van der Waals surface area contributed by atoms with Crippen LogP contribution in [0.15, 0.2) is 30.5 Å². The van der Waals surface area contributed by atoms with Gasteiger partial charge in [0.1, 0.15) is 23.1 Å². The van der Waals surface area contributed by atoms with Crippen molar-refractivity contribution in [2.75, 3.05) is 13.2 Å². The fourth-order valence-corrected chi connectivity index (χ4v) is 4.15. The average Bonchev–Trinajstić information content (AvgIpc) is 3.30. The molecule has 0 amide bonds. The number of halogens is 3. The molecule has 7 heteroatoms. The first-order valence-electron chi connectivity index (χ1n) is 9.55. The summed E-state index contributed by atoms with van der Waals surface area (Å²) in [6, 6.07) is 5.64. The Labute approximate surface area is 166 Å². The maximum Gasteiger partial charge on any atom is 0.147 e. The highest BCUT2D eigenvalue weighted by Gasteiger charge is 2.41. The van der Waals surface area contributed by atoms with Gasteiger partial charge in [0.15, 0.2) is 0 Å². The minimum atomic E-state index is -1.58. The number of H-pyrrole nitrogens is 1. The van der Waals surface area contributed by atoms with E-state index in [1.165, 1.54) is 38.2 Å². The lowest BCUT2D eigenvalue weighted by molar-refractivity contribution is 0.00454. The summed E-state index contributed by atoms with van der Waals surface area (Å²) in [5.41, 5.74) is 3.30. The lowest BCUT2D eigenvalue weighted by Gasteiger charge is -2.31. The molecule has 1 aliphatic rings. The van der Waals surface area contributed by atoms with Crippen LogP contribution in [0.1, 0.15) is 37.8 Å². The molecule has 1 unspecified atom stereocenters. The third kappa shape index (κ3) is 3.04. The number of hydrogen-bond acceptors (Lipinski definition) is 3. The van der Waals surface area contributed by atoms with Crippen molar-refractivity contribution in [3.8, 4) is 11.1 Å². The van der Waals surface area contributed by atoms with Crippen LogP contribution in [0.4, 0.5) is 13.2 Å². The van der Waals surface area contributed by atoms with Crippen molar-refractivity contribution >= 4 is 10.9 Å². The first-order valence-corrected chi connectivity index (χ1v) is 9.55. The summed E-state index contributed by atoms with van der Waals surface area (Å²) in [4.78, 5) is 2.75. The molecule has 29 heavy (non-hydrogen) atoms. The van der Waals surface area contributed by atoms with Gasteiger partial charge in [0.2, 0.25) is 0 Å². The minimum absolute atomic E-state index is 0.0167. The maximum atomic E-state index is 15.8. The summed E-state index contributed by atoms with van der Waals surface area (Å²) in [6.07, 6.45) is 2.55. The monoisotopic (exact) mass is 404 g/mol. The summed E-state index contributed by atoms with van der Waals surface area (Å²) >= 11 is 0. The molecule has 4 N–H and O–H groups in total. The highest BCUT2D eigenvalue weighted by atomic mass is 19.1. The van der Waals surface area contributed by atoms with Gasteiger partial charge in [-0.2, -0.15) is 0 Å². The zero-order valence-electron chi connectivity index (χ0n) is 16.3. The second-order valence-electron chi connectivity index (χ2n) is 8.05. The van der Waals surface area contributed by atoms with Crippen LogP contribution >= 0.6 is 0 Å². The Bertz CT molecular complexity index is 1080. The van der Waals surface area contributed by atoms with Gasteiger partial charge in [-0.1, -0.05) is 12.1 Å². The smallest absolute Gasteiger partial charge is 0.147 e. The van der Waals surface area contributed by atoms with E-state index in [9.17, 15) is 9.50 Å². The first kappa shape index (κ1) is 19.9. The Morgan fingerprint density at radius 1 is 1.24 bits per heavy atom. The molecule has 0 aliphatic carbocycles. The van der Waals surface area contributed by atoms with E-state index in [-0.39, 0.29) is 34.3 Å². The van der Waals surface area contributed by atoms with Crippen LogP contribution in [0.5, 0.6) is 0 Å². The topological polar surface area (TPSA) is 71.3 Å². The summed E-state index contributed by atoms with van der Waals surface area (Å²) < 4.78 is 51.3. The highest BCUT2D eigenvalue weighted by molar-refractivity contribution is 5.96. The Morgan fingerprint density at radius 2 is 2.00 bits per heavy atom. The van der Waals surface area contributed by atoms with Gasteiger partial charge >= 0.3 is 0 Å². The Kier molecular flexibility index (Phi) is 4.72. The summed E-state index contributed by atoms with van der Waals surface area (Å²) in [5, 5.41) is 10.9. The molecule has 0 spiro atoms. The number of para-hydroxylation sites is 1. The molecule has 1 fully saturated rings. The van der Waals surface area contributed by atoms with E-state index in [0.29, 0.717) is 24.8 Å². The molecule has 4 nitrogen and oxygen atoms in total. The van der Waals surface area contributed by atoms with Gasteiger partial charge in [-0.25, -0.2) is 13.2 Å². The van der Waals surface area contributed by atoms with E-state index < -0.39 is 28.7 Å². The van der Waals surface area contributed by atoms with E-state index >= 15 is 8.78 Å². The number of rotatable bonds is 4. The lowest BCUT2D eigenvalue weighted by Crippen LogP contribution is -2.36. The minimum Gasteiger partial charge on any atom is -0.386 e. The Hall–Kier alpha value is -2.35. The van der Waals surface area contributed by atoms with Crippen LogP contribution in [-0.4, -0.2) is 23.2 Å². The Balaban J connectivity index is 2.08. The third-order valence-corrected chi connectivity index (χ3v) is 5.72. The SMILES string of the molecule is CC(C)(O)c1cc(C2(CN)CCCO2)c(F)c(-c2c[nH]c3c(F)cccc23)c1F. The van der Waals surface area contributed by atoms with Gasteiger partial charge in [-0.05, 0) is 38.8 Å². The van der Waals surface area contributed by atoms with Crippen LogP contribution in [0.25, 0.3) is 22.0 Å². The summed E-state index contributed by atoms with van der Waals surface area (Å²) in [7, 11) is 0. The van der Waals surface area contributed by atoms with Crippen molar-refractivity contribution in [2.45, 2.75) is 37.9 Å². The first-order chi connectivity index (χ1) is 13.7. The van der Waals surface area contributed by atoms with Crippen molar-refractivity contribution in [3.63, 3.8) is 0 Å². The predicted molar refractivity (Wildman–Crippen MR) is 105 cm³/mol. The van der Waals surface area contributed by atoms with E-state index in [2.05, 4.69) is 4.98 Å². The fourth-order valence-electron chi connectivity index (χ4n) is 4.15. The molecule has 1 aliphatic heterocycles. The molecule has 154 valence electrons. The van der Waals surface area contributed by atoms with Gasteiger partial charge in [-0.3, -0.25) is 0 Å². The number of nitrogens with two attached hydrogens (primary N) is 1. The maximum absolute atomic E-state index is 15.8. The van der Waals surface area contributed by atoms with Gasteiger partial charge < -0.3 is 20.6 Å². The molecule has 2 heterocycles. The van der Waals surface area contributed by atoms with E-state index in [4.69, 9.17) is 10.5 Å². The standard InChI is InChI=1S/C22H23F3N2O2/c1-21(2,28)14-9-15(22(11-26)7-4-8-29-22)19(25)17(18(14)24)13-10-27-20-12(13)5-3-6-16(20)23/h3,5-6,9-10,27-28H,4,7-8,11,26H2,1-2H3. The average molecular weight is 404 g/mol. The number of aliphatic hydroxyl groups is 1. The van der Waals surface area contributed by atoms with Crippen molar-refractivity contribution in [2.24, 2.45) is 5.73 Å². The van der Waals surface area contributed by atoms with E-state index in [0.717, 1.165) is 0 Å². The van der Waals surface area contributed by atoms with Gasteiger partial charge in [0.05, 0.1) is 16.7 Å². The van der Waals surface area contributed by atoms with Crippen molar-refractivity contribution in [1.29, 1.82) is 0 Å². The number of ether oxygens (including phenoxy) is 1. The molecule has 1 aromatic heterocycles.